The van der Waals surface area contributed by atoms with Crippen molar-refractivity contribution in [3.63, 3.8) is 0 Å². The van der Waals surface area contributed by atoms with Gasteiger partial charge >= 0.3 is 0 Å². The lowest BCUT2D eigenvalue weighted by Crippen LogP contribution is -2.17. The van der Waals surface area contributed by atoms with Gasteiger partial charge in [-0.3, -0.25) is 0 Å². The molecule has 0 saturated carbocycles. The fourth-order valence-electron chi connectivity index (χ4n) is 1.74. The zero-order valence-corrected chi connectivity index (χ0v) is 11.2. The maximum atomic E-state index is 5.92. The summed E-state index contributed by atoms with van der Waals surface area (Å²) >= 11 is 1.66. The monoisotopic (exact) mass is 263 g/mol. The highest BCUT2D eigenvalue weighted by atomic mass is 32.1. The zero-order valence-electron chi connectivity index (χ0n) is 10.3. The maximum absolute atomic E-state index is 5.92. The SMILES string of the molecule is COCc1cccc(OC(CN)c2cccs2)c1. The van der Waals surface area contributed by atoms with E-state index < -0.39 is 0 Å². The minimum absolute atomic E-state index is 0.0807. The number of thiophene rings is 1. The fourth-order valence-corrected chi connectivity index (χ4v) is 2.50. The molecule has 2 aromatic rings. The Hall–Kier alpha value is -1.36. The van der Waals surface area contributed by atoms with E-state index in [9.17, 15) is 0 Å². The van der Waals surface area contributed by atoms with Crippen LogP contribution in [0.3, 0.4) is 0 Å². The second-order valence-corrected chi connectivity index (χ2v) is 4.92. The molecular weight excluding hydrogens is 246 g/mol. The predicted octanol–water partition coefficient (Wildman–Crippen LogP) is 2.97. The highest BCUT2D eigenvalue weighted by Crippen LogP contribution is 2.25. The van der Waals surface area contributed by atoms with Crippen LogP contribution in [-0.4, -0.2) is 13.7 Å². The van der Waals surface area contributed by atoms with Crippen molar-refractivity contribution in [1.29, 1.82) is 0 Å². The minimum Gasteiger partial charge on any atom is -0.484 e. The quantitative estimate of drug-likeness (QED) is 0.871. The zero-order chi connectivity index (χ0) is 12.8. The highest BCUT2D eigenvalue weighted by Gasteiger charge is 2.12. The third kappa shape index (κ3) is 3.32. The van der Waals surface area contributed by atoms with Crippen molar-refractivity contribution in [2.75, 3.05) is 13.7 Å². The summed E-state index contributed by atoms with van der Waals surface area (Å²) in [5.41, 5.74) is 6.86. The molecule has 0 bridgehead atoms. The van der Waals surface area contributed by atoms with Gasteiger partial charge in [-0.25, -0.2) is 0 Å². The van der Waals surface area contributed by atoms with Gasteiger partial charge in [0.25, 0.3) is 0 Å². The first-order valence-electron chi connectivity index (χ1n) is 5.81. The maximum Gasteiger partial charge on any atom is 0.145 e. The molecule has 0 spiro atoms. The molecule has 1 atom stereocenters. The molecule has 3 nitrogen and oxygen atoms in total. The van der Waals surface area contributed by atoms with Crippen LogP contribution in [-0.2, 0) is 11.3 Å². The summed E-state index contributed by atoms with van der Waals surface area (Å²) in [4.78, 5) is 1.15. The molecule has 0 amide bonds. The summed E-state index contributed by atoms with van der Waals surface area (Å²) in [7, 11) is 1.68. The molecule has 1 unspecified atom stereocenters. The molecule has 1 aromatic carbocycles. The van der Waals surface area contributed by atoms with Crippen molar-refractivity contribution < 1.29 is 9.47 Å². The molecule has 96 valence electrons. The van der Waals surface area contributed by atoms with E-state index in [0.717, 1.165) is 16.2 Å². The van der Waals surface area contributed by atoms with E-state index in [1.165, 1.54) is 0 Å². The van der Waals surface area contributed by atoms with Gasteiger partial charge in [0.1, 0.15) is 11.9 Å². The van der Waals surface area contributed by atoms with Crippen molar-refractivity contribution in [3.8, 4) is 5.75 Å². The summed E-state index contributed by atoms with van der Waals surface area (Å²) in [6.45, 7) is 1.05. The topological polar surface area (TPSA) is 44.5 Å². The average Bonchev–Trinajstić information content (AvgIpc) is 2.90. The second kappa shape index (κ2) is 6.54. The van der Waals surface area contributed by atoms with E-state index in [0.29, 0.717) is 13.2 Å². The van der Waals surface area contributed by atoms with Gasteiger partial charge in [-0.2, -0.15) is 0 Å². The second-order valence-electron chi connectivity index (χ2n) is 3.94. The van der Waals surface area contributed by atoms with Crippen LogP contribution in [0.5, 0.6) is 5.75 Å². The van der Waals surface area contributed by atoms with Crippen molar-refractivity contribution in [3.05, 3.63) is 52.2 Å². The molecule has 2 N–H and O–H groups in total. The largest absolute Gasteiger partial charge is 0.484 e. The van der Waals surface area contributed by atoms with Crippen LogP contribution in [0.1, 0.15) is 16.5 Å². The number of benzene rings is 1. The Bertz CT molecular complexity index is 470. The minimum atomic E-state index is -0.0807. The van der Waals surface area contributed by atoms with Crippen LogP contribution in [0.15, 0.2) is 41.8 Å². The summed E-state index contributed by atoms with van der Waals surface area (Å²) in [6, 6.07) is 12.0. The van der Waals surface area contributed by atoms with Crippen molar-refractivity contribution >= 4 is 11.3 Å². The van der Waals surface area contributed by atoms with Gasteiger partial charge in [-0.05, 0) is 29.1 Å². The molecule has 0 aliphatic heterocycles. The van der Waals surface area contributed by atoms with Crippen molar-refractivity contribution in [2.45, 2.75) is 12.7 Å². The summed E-state index contributed by atoms with van der Waals surface area (Å²) in [6.07, 6.45) is -0.0807. The third-order valence-corrected chi connectivity index (χ3v) is 3.53. The summed E-state index contributed by atoms with van der Waals surface area (Å²) < 4.78 is 11.0. The molecule has 0 radical (unpaired) electrons. The fraction of sp³-hybridized carbons (Fsp3) is 0.286. The van der Waals surface area contributed by atoms with Gasteiger partial charge in [-0.15, -0.1) is 11.3 Å². The first-order chi connectivity index (χ1) is 8.83. The van der Waals surface area contributed by atoms with Gasteiger partial charge in [0.2, 0.25) is 0 Å². The molecule has 1 aromatic heterocycles. The molecule has 0 saturated heterocycles. The van der Waals surface area contributed by atoms with Gasteiger partial charge < -0.3 is 15.2 Å². The first-order valence-corrected chi connectivity index (χ1v) is 6.69. The highest BCUT2D eigenvalue weighted by molar-refractivity contribution is 7.10. The number of rotatable bonds is 6. The van der Waals surface area contributed by atoms with Crippen molar-refractivity contribution in [1.82, 2.24) is 0 Å². The molecule has 4 heteroatoms. The summed E-state index contributed by atoms with van der Waals surface area (Å²) in [5, 5.41) is 2.03. The Kier molecular flexibility index (Phi) is 4.75. The van der Waals surface area contributed by atoms with Gasteiger partial charge in [0, 0.05) is 18.5 Å². The van der Waals surface area contributed by atoms with Crippen LogP contribution in [0, 0.1) is 0 Å². The predicted molar refractivity (Wildman–Crippen MR) is 73.9 cm³/mol. The Morgan fingerprint density at radius 3 is 2.83 bits per heavy atom. The van der Waals surface area contributed by atoms with E-state index in [4.69, 9.17) is 15.2 Å². The van der Waals surface area contributed by atoms with E-state index in [2.05, 4.69) is 0 Å². The molecule has 0 fully saturated rings. The average molecular weight is 263 g/mol. The Labute approximate surface area is 111 Å². The van der Waals surface area contributed by atoms with E-state index in [-0.39, 0.29) is 6.10 Å². The normalized spacial score (nSPS) is 12.3. The van der Waals surface area contributed by atoms with Crippen LogP contribution in [0.25, 0.3) is 0 Å². The number of hydrogen-bond acceptors (Lipinski definition) is 4. The number of hydrogen-bond donors (Lipinski definition) is 1. The van der Waals surface area contributed by atoms with E-state index in [1.807, 2.05) is 41.8 Å². The van der Waals surface area contributed by atoms with Crippen LogP contribution >= 0.6 is 11.3 Å². The number of nitrogens with two attached hydrogens (primary N) is 1. The van der Waals surface area contributed by atoms with Crippen LogP contribution in [0.2, 0.25) is 0 Å². The number of methoxy groups -OCH3 is 1. The van der Waals surface area contributed by atoms with Crippen LogP contribution < -0.4 is 10.5 Å². The standard InChI is InChI=1S/C14H17NO2S/c1-16-10-11-4-2-5-12(8-11)17-13(9-15)14-6-3-7-18-14/h2-8,13H,9-10,15H2,1H3. The lowest BCUT2D eigenvalue weighted by atomic mass is 10.2. The van der Waals surface area contributed by atoms with E-state index >= 15 is 0 Å². The lowest BCUT2D eigenvalue weighted by molar-refractivity contribution is 0.183. The van der Waals surface area contributed by atoms with Gasteiger partial charge in [0.15, 0.2) is 0 Å². The number of ether oxygens (including phenoxy) is 2. The van der Waals surface area contributed by atoms with Crippen LogP contribution in [0.4, 0.5) is 0 Å². The Morgan fingerprint density at radius 2 is 2.17 bits per heavy atom. The molecular formula is C14H17NO2S. The summed E-state index contributed by atoms with van der Waals surface area (Å²) in [5.74, 6) is 0.827. The smallest absolute Gasteiger partial charge is 0.145 e. The molecule has 1 heterocycles. The molecule has 18 heavy (non-hydrogen) atoms. The molecule has 0 aliphatic rings. The molecule has 2 rings (SSSR count). The Morgan fingerprint density at radius 1 is 1.28 bits per heavy atom. The van der Waals surface area contributed by atoms with Gasteiger partial charge in [-0.1, -0.05) is 18.2 Å². The van der Waals surface area contributed by atoms with Crippen molar-refractivity contribution in [2.24, 2.45) is 5.73 Å². The third-order valence-electron chi connectivity index (χ3n) is 2.56. The lowest BCUT2D eigenvalue weighted by Gasteiger charge is -2.16. The molecule has 0 aliphatic carbocycles. The van der Waals surface area contributed by atoms with E-state index in [1.54, 1.807) is 18.4 Å². The first kappa shape index (κ1) is 13.1. The van der Waals surface area contributed by atoms with Gasteiger partial charge in [0.05, 0.1) is 6.61 Å². The Balaban J connectivity index is 2.09.